The molecule has 300 valence electrons. The lowest BCUT2D eigenvalue weighted by Crippen LogP contribution is -2.50. The van der Waals surface area contributed by atoms with E-state index < -0.39 is 17.9 Å². The molecule has 52 heavy (non-hydrogen) atoms. The molecule has 1 heterocycles. The van der Waals surface area contributed by atoms with Crippen LogP contribution in [-0.4, -0.2) is 236 Å². The van der Waals surface area contributed by atoms with Gasteiger partial charge in [0.2, 0.25) is 11.8 Å². The standard InChI is InChI=1S/C32H58N6O14/c1-33-28(39)2-12-47-14-16-49-18-20-51-22-23-52-21-19-50-17-15-48-13-3-34-29(40)24-35-4-6-36(25-30(41)42)8-10-38(27-32(45)46)11-9-37(7-5-35)26-31(43)44/h1-27H2,(H,34,40)(H,41,42)(H,43,44)(H,45,46). The molecule has 20 nitrogen and oxygen atoms in total. The number of ether oxygens (including phenoxy) is 6. The third-order valence-corrected chi connectivity index (χ3v) is 7.44. The second-order valence-corrected chi connectivity index (χ2v) is 11.6. The molecule has 0 unspecified atom stereocenters. The van der Waals surface area contributed by atoms with Crippen LogP contribution in [0.3, 0.4) is 0 Å². The van der Waals surface area contributed by atoms with Crippen LogP contribution in [0.1, 0.15) is 6.42 Å². The largest absolute Gasteiger partial charge is 0.480 e. The van der Waals surface area contributed by atoms with Crippen LogP contribution < -0.4 is 5.32 Å². The van der Waals surface area contributed by atoms with E-state index in [4.69, 9.17) is 28.4 Å². The molecule has 0 atom stereocenters. The SMILES string of the molecule is C=NC(=O)CCOCCOCCOCCOCCOCCOCCNC(=O)CN1CCN(CC(=O)O)CCN(CC(=O)O)CCN(CC(=O)O)CC1. The summed E-state index contributed by atoms with van der Waals surface area (Å²) < 4.78 is 32.5. The van der Waals surface area contributed by atoms with Gasteiger partial charge in [0.15, 0.2) is 0 Å². The topological polar surface area (TPSA) is 239 Å². The molecule has 0 aliphatic carbocycles. The van der Waals surface area contributed by atoms with Crippen LogP contribution in [0.5, 0.6) is 0 Å². The molecular weight excluding hydrogens is 692 g/mol. The predicted molar refractivity (Wildman–Crippen MR) is 186 cm³/mol. The summed E-state index contributed by atoms with van der Waals surface area (Å²) in [7, 11) is 0. The number of carbonyl (C=O) groups excluding carboxylic acids is 2. The Labute approximate surface area is 304 Å². The Morgan fingerprint density at radius 3 is 1.08 bits per heavy atom. The van der Waals surface area contributed by atoms with Crippen LogP contribution in [0, 0.1) is 0 Å². The molecule has 0 spiro atoms. The Morgan fingerprint density at radius 1 is 0.481 bits per heavy atom. The highest BCUT2D eigenvalue weighted by atomic mass is 16.6. The summed E-state index contributed by atoms with van der Waals surface area (Å²) in [4.78, 5) is 68.1. The fraction of sp³-hybridized carbons (Fsp3) is 0.812. The van der Waals surface area contributed by atoms with Crippen molar-refractivity contribution in [3.63, 3.8) is 0 Å². The highest BCUT2D eigenvalue weighted by molar-refractivity contribution is 5.80. The van der Waals surface area contributed by atoms with Crippen molar-refractivity contribution < 1.29 is 67.7 Å². The molecule has 4 N–H and O–H groups in total. The first kappa shape index (κ1) is 46.8. The Kier molecular flexibility index (Phi) is 28.2. The number of carboxylic acid groups (broad SMARTS) is 3. The Morgan fingerprint density at radius 2 is 0.769 bits per heavy atom. The second-order valence-electron chi connectivity index (χ2n) is 11.6. The highest BCUT2D eigenvalue weighted by Gasteiger charge is 2.21. The van der Waals surface area contributed by atoms with Gasteiger partial charge >= 0.3 is 17.9 Å². The van der Waals surface area contributed by atoms with Crippen molar-refractivity contribution in [2.75, 3.05) is 164 Å². The van der Waals surface area contributed by atoms with Crippen molar-refractivity contribution in [2.45, 2.75) is 6.42 Å². The van der Waals surface area contributed by atoms with Gasteiger partial charge < -0.3 is 49.1 Å². The molecule has 0 radical (unpaired) electrons. The summed E-state index contributed by atoms with van der Waals surface area (Å²) in [6.45, 7) is 9.88. The molecule has 1 aliphatic heterocycles. The molecule has 0 bridgehead atoms. The van der Waals surface area contributed by atoms with E-state index in [1.54, 1.807) is 14.7 Å². The first-order valence-electron chi connectivity index (χ1n) is 17.4. The van der Waals surface area contributed by atoms with E-state index in [1.165, 1.54) is 0 Å². The molecule has 1 aliphatic rings. The quantitative estimate of drug-likeness (QED) is 0.0449. The summed E-state index contributed by atoms with van der Waals surface area (Å²) in [5.41, 5.74) is 0. The molecular formula is C32H58N6O14. The van der Waals surface area contributed by atoms with Gasteiger partial charge in [-0.1, -0.05) is 0 Å². The molecule has 1 saturated heterocycles. The summed E-state index contributed by atoms with van der Waals surface area (Å²) in [6.07, 6.45) is 0.208. The van der Waals surface area contributed by atoms with Gasteiger partial charge in [-0.15, -0.1) is 0 Å². The van der Waals surface area contributed by atoms with E-state index in [1.807, 2.05) is 4.90 Å². The number of aliphatic carboxylic acids is 3. The normalized spacial score (nSPS) is 15.8. The number of carbonyl (C=O) groups is 5. The lowest BCUT2D eigenvalue weighted by molar-refractivity contribution is -0.140. The van der Waals surface area contributed by atoms with Crippen molar-refractivity contribution in [1.82, 2.24) is 24.9 Å². The van der Waals surface area contributed by atoms with E-state index in [9.17, 15) is 39.3 Å². The number of hydrogen-bond donors (Lipinski definition) is 4. The van der Waals surface area contributed by atoms with E-state index in [-0.39, 0.29) is 64.2 Å². The van der Waals surface area contributed by atoms with Gasteiger partial charge in [-0.3, -0.25) is 43.6 Å². The van der Waals surface area contributed by atoms with Gasteiger partial charge in [0.05, 0.1) is 112 Å². The van der Waals surface area contributed by atoms with Crippen LogP contribution in [0.4, 0.5) is 0 Å². The van der Waals surface area contributed by atoms with Crippen LogP contribution in [-0.2, 0) is 52.4 Å². The smallest absolute Gasteiger partial charge is 0.317 e. The number of aliphatic imine (C=N–C) groups is 1. The first-order valence-corrected chi connectivity index (χ1v) is 17.4. The fourth-order valence-electron chi connectivity index (χ4n) is 4.75. The minimum atomic E-state index is -1.02. The van der Waals surface area contributed by atoms with Crippen molar-refractivity contribution in [3.05, 3.63) is 0 Å². The Bertz CT molecular complexity index is 994. The predicted octanol–water partition coefficient (Wildman–Crippen LogP) is -2.71. The van der Waals surface area contributed by atoms with Crippen LogP contribution in [0.25, 0.3) is 0 Å². The van der Waals surface area contributed by atoms with E-state index >= 15 is 0 Å². The van der Waals surface area contributed by atoms with Gasteiger partial charge in [0.25, 0.3) is 0 Å². The molecule has 0 aromatic carbocycles. The number of nitrogens with zero attached hydrogens (tertiary/aromatic N) is 5. The minimum absolute atomic E-state index is 0.0322. The monoisotopic (exact) mass is 750 g/mol. The molecule has 20 heteroatoms. The average Bonchev–Trinajstić information content (AvgIpc) is 3.09. The van der Waals surface area contributed by atoms with Crippen LogP contribution >= 0.6 is 0 Å². The number of carboxylic acids is 3. The van der Waals surface area contributed by atoms with Gasteiger partial charge in [-0.25, -0.2) is 4.99 Å². The number of nitrogens with one attached hydrogen (secondary N) is 1. The van der Waals surface area contributed by atoms with Gasteiger partial charge in [0.1, 0.15) is 0 Å². The van der Waals surface area contributed by atoms with Crippen molar-refractivity contribution in [2.24, 2.45) is 4.99 Å². The second kappa shape index (κ2) is 31.4. The van der Waals surface area contributed by atoms with E-state index in [2.05, 4.69) is 17.0 Å². The maximum atomic E-state index is 12.7. The molecule has 1 rings (SSSR count). The van der Waals surface area contributed by atoms with Crippen molar-refractivity contribution >= 4 is 36.4 Å². The van der Waals surface area contributed by atoms with Crippen LogP contribution in [0.2, 0.25) is 0 Å². The number of rotatable bonds is 29. The average molecular weight is 751 g/mol. The van der Waals surface area contributed by atoms with E-state index in [0.717, 1.165) is 0 Å². The molecule has 0 aromatic heterocycles. The van der Waals surface area contributed by atoms with E-state index in [0.29, 0.717) is 118 Å². The summed E-state index contributed by atoms with van der Waals surface area (Å²) in [5.74, 6) is -3.59. The molecule has 1 fully saturated rings. The lowest BCUT2D eigenvalue weighted by Gasteiger charge is -2.32. The number of hydrogen-bond acceptors (Lipinski definition) is 15. The summed E-state index contributed by atoms with van der Waals surface area (Å²) in [5, 5.41) is 30.8. The highest BCUT2D eigenvalue weighted by Crippen LogP contribution is 2.02. The third kappa shape index (κ3) is 28.4. The third-order valence-electron chi connectivity index (χ3n) is 7.44. The fourth-order valence-corrected chi connectivity index (χ4v) is 4.75. The zero-order chi connectivity index (χ0) is 38.2. The zero-order valence-electron chi connectivity index (χ0n) is 30.2. The van der Waals surface area contributed by atoms with Crippen molar-refractivity contribution in [1.29, 1.82) is 0 Å². The maximum absolute atomic E-state index is 12.7. The number of amides is 2. The molecule has 0 saturated carbocycles. The minimum Gasteiger partial charge on any atom is -0.480 e. The zero-order valence-corrected chi connectivity index (χ0v) is 30.2. The Balaban J connectivity index is 2.19. The van der Waals surface area contributed by atoms with Crippen LogP contribution in [0.15, 0.2) is 4.99 Å². The lowest BCUT2D eigenvalue weighted by atomic mass is 10.3. The molecule has 0 aromatic rings. The van der Waals surface area contributed by atoms with Crippen molar-refractivity contribution in [3.8, 4) is 0 Å². The van der Waals surface area contributed by atoms with Gasteiger partial charge in [-0.05, 0) is 6.72 Å². The maximum Gasteiger partial charge on any atom is 0.317 e. The van der Waals surface area contributed by atoms with Gasteiger partial charge in [0, 0.05) is 58.9 Å². The summed E-state index contributed by atoms with van der Waals surface area (Å²) in [6, 6.07) is 0. The Hall–Kier alpha value is -3.18. The molecule has 2 amide bonds. The first-order chi connectivity index (χ1) is 25.1. The summed E-state index contributed by atoms with van der Waals surface area (Å²) >= 11 is 0. The van der Waals surface area contributed by atoms with Gasteiger partial charge in [-0.2, -0.15) is 0 Å².